The van der Waals surface area contributed by atoms with Crippen molar-refractivity contribution in [3.63, 3.8) is 0 Å². The SMILES string of the molecule is O=C(Cc1c[nH][nH]c1=O)N1CCC2(C(=O)Nc3ccccc32)C1c1cccnc1. The Bertz CT molecular complexity index is 1150. The summed E-state index contributed by atoms with van der Waals surface area (Å²) in [5.41, 5.74) is 1.66. The average Bonchev–Trinajstić information content (AvgIpc) is 3.41. The second-order valence-electron chi connectivity index (χ2n) is 7.44. The van der Waals surface area contributed by atoms with Crippen LogP contribution in [0.4, 0.5) is 5.69 Å². The number of benzene rings is 1. The topological polar surface area (TPSA) is 111 Å². The fraction of sp³-hybridized carbons (Fsp3) is 0.238. The smallest absolute Gasteiger partial charge is 0.267 e. The maximum Gasteiger partial charge on any atom is 0.267 e. The number of H-pyrrole nitrogens is 2. The molecule has 3 aromatic rings. The first-order valence-corrected chi connectivity index (χ1v) is 9.46. The molecule has 2 aromatic heterocycles. The zero-order valence-corrected chi connectivity index (χ0v) is 15.5. The lowest BCUT2D eigenvalue weighted by Gasteiger charge is -2.34. The van der Waals surface area contributed by atoms with Crippen LogP contribution in [0.3, 0.4) is 0 Å². The lowest BCUT2D eigenvalue weighted by molar-refractivity contribution is -0.132. The number of nitrogens with zero attached hydrogens (tertiary/aromatic N) is 2. The molecule has 2 aliphatic rings. The van der Waals surface area contributed by atoms with Crippen LogP contribution in [0.25, 0.3) is 0 Å². The molecule has 29 heavy (non-hydrogen) atoms. The van der Waals surface area contributed by atoms with Crippen LogP contribution in [0, 0.1) is 0 Å². The van der Waals surface area contributed by atoms with Crippen LogP contribution < -0.4 is 10.9 Å². The van der Waals surface area contributed by atoms with E-state index < -0.39 is 11.5 Å². The Morgan fingerprint density at radius 3 is 2.83 bits per heavy atom. The molecule has 2 atom stereocenters. The first kappa shape index (κ1) is 17.4. The highest BCUT2D eigenvalue weighted by molar-refractivity contribution is 6.07. The van der Waals surface area contributed by atoms with Gasteiger partial charge in [0.25, 0.3) is 5.56 Å². The first-order chi connectivity index (χ1) is 14.1. The molecule has 8 nitrogen and oxygen atoms in total. The number of pyridine rings is 1. The van der Waals surface area contributed by atoms with E-state index in [1.165, 1.54) is 6.20 Å². The number of aromatic nitrogens is 3. The largest absolute Gasteiger partial charge is 0.334 e. The third-order valence-electron chi connectivity index (χ3n) is 5.97. The molecule has 8 heteroatoms. The van der Waals surface area contributed by atoms with Gasteiger partial charge >= 0.3 is 0 Å². The third kappa shape index (κ3) is 2.52. The molecule has 0 aliphatic carbocycles. The second-order valence-corrected chi connectivity index (χ2v) is 7.44. The Morgan fingerprint density at radius 1 is 1.21 bits per heavy atom. The minimum absolute atomic E-state index is 0.0328. The molecule has 2 aliphatic heterocycles. The summed E-state index contributed by atoms with van der Waals surface area (Å²) in [6, 6.07) is 10.8. The van der Waals surface area contributed by atoms with Gasteiger partial charge in [0.15, 0.2) is 0 Å². The van der Waals surface area contributed by atoms with Gasteiger partial charge in [0, 0.05) is 36.4 Å². The molecule has 0 saturated carbocycles. The lowest BCUT2D eigenvalue weighted by Crippen LogP contribution is -2.43. The molecular formula is C21H19N5O3. The number of carbonyl (C=O) groups excluding carboxylic acids is 2. The molecule has 0 bridgehead atoms. The van der Waals surface area contributed by atoms with Crippen molar-refractivity contribution >= 4 is 17.5 Å². The van der Waals surface area contributed by atoms with Gasteiger partial charge in [-0.05, 0) is 29.7 Å². The van der Waals surface area contributed by atoms with Gasteiger partial charge in [0.1, 0.15) is 5.41 Å². The normalized spacial score (nSPS) is 22.7. The lowest BCUT2D eigenvalue weighted by atomic mass is 9.73. The number of hydrogen-bond donors (Lipinski definition) is 3. The average molecular weight is 389 g/mol. The summed E-state index contributed by atoms with van der Waals surface area (Å²) in [6.07, 6.45) is 5.34. The van der Waals surface area contributed by atoms with E-state index in [2.05, 4.69) is 20.5 Å². The fourth-order valence-electron chi connectivity index (χ4n) is 4.69. The number of fused-ring (bicyclic) bond motifs is 2. The Labute approximate surface area is 165 Å². The van der Waals surface area contributed by atoms with Crippen molar-refractivity contribution in [2.45, 2.75) is 24.3 Å². The van der Waals surface area contributed by atoms with Crippen LogP contribution >= 0.6 is 0 Å². The van der Waals surface area contributed by atoms with Gasteiger partial charge in [0.2, 0.25) is 11.8 Å². The summed E-state index contributed by atoms with van der Waals surface area (Å²) in [4.78, 5) is 44.3. The molecule has 1 aromatic carbocycles. The minimum Gasteiger partial charge on any atom is -0.334 e. The van der Waals surface area contributed by atoms with Gasteiger partial charge in [-0.15, -0.1) is 0 Å². The van der Waals surface area contributed by atoms with Crippen LogP contribution in [-0.4, -0.2) is 38.4 Å². The summed E-state index contributed by atoms with van der Waals surface area (Å²) in [5.74, 6) is -0.305. The van der Waals surface area contributed by atoms with Crippen molar-refractivity contribution in [2.75, 3.05) is 11.9 Å². The number of hydrogen-bond acceptors (Lipinski definition) is 4. The predicted molar refractivity (Wildman–Crippen MR) is 105 cm³/mol. The molecule has 0 radical (unpaired) electrons. The van der Waals surface area contributed by atoms with E-state index in [0.29, 0.717) is 18.5 Å². The van der Waals surface area contributed by atoms with E-state index in [1.807, 2.05) is 30.3 Å². The predicted octanol–water partition coefficient (Wildman–Crippen LogP) is 1.50. The van der Waals surface area contributed by atoms with Crippen LogP contribution in [0.15, 0.2) is 59.8 Å². The number of para-hydroxylation sites is 1. The molecule has 4 heterocycles. The summed E-state index contributed by atoms with van der Waals surface area (Å²) in [7, 11) is 0. The first-order valence-electron chi connectivity index (χ1n) is 9.46. The molecule has 146 valence electrons. The van der Waals surface area contributed by atoms with Gasteiger partial charge in [-0.3, -0.25) is 24.5 Å². The Hall–Kier alpha value is -3.68. The summed E-state index contributed by atoms with van der Waals surface area (Å²) < 4.78 is 0. The van der Waals surface area contributed by atoms with E-state index >= 15 is 0 Å². The van der Waals surface area contributed by atoms with Crippen molar-refractivity contribution in [1.29, 1.82) is 0 Å². The Morgan fingerprint density at radius 2 is 2.07 bits per heavy atom. The van der Waals surface area contributed by atoms with Gasteiger partial charge in [0.05, 0.1) is 12.5 Å². The van der Waals surface area contributed by atoms with Crippen LogP contribution in [0.5, 0.6) is 0 Å². The summed E-state index contributed by atoms with van der Waals surface area (Å²) >= 11 is 0. The molecule has 1 saturated heterocycles. The molecule has 2 amide bonds. The van der Waals surface area contributed by atoms with Crippen molar-refractivity contribution in [1.82, 2.24) is 20.1 Å². The van der Waals surface area contributed by atoms with Crippen molar-refractivity contribution in [3.8, 4) is 0 Å². The van der Waals surface area contributed by atoms with Crippen molar-refractivity contribution in [2.24, 2.45) is 0 Å². The highest BCUT2D eigenvalue weighted by atomic mass is 16.2. The van der Waals surface area contributed by atoms with Crippen LogP contribution in [0.2, 0.25) is 0 Å². The number of carbonyl (C=O) groups is 2. The Balaban J connectivity index is 1.61. The zero-order valence-electron chi connectivity index (χ0n) is 15.5. The van der Waals surface area contributed by atoms with E-state index in [1.54, 1.807) is 23.4 Å². The monoisotopic (exact) mass is 389 g/mol. The maximum absolute atomic E-state index is 13.2. The number of nitrogens with one attached hydrogen (secondary N) is 3. The van der Waals surface area contributed by atoms with Gasteiger partial charge in [-0.1, -0.05) is 24.3 Å². The summed E-state index contributed by atoms with van der Waals surface area (Å²) in [6.45, 7) is 0.419. The second kappa shape index (κ2) is 6.44. The minimum atomic E-state index is -0.875. The van der Waals surface area contributed by atoms with Gasteiger partial charge in [-0.25, -0.2) is 0 Å². The maximum atomic E-state index is 13.2. The number of rotatable bonds is 3. The number of anilines is 1. The number of likely N-dealkylation sites (tertiary alicyclic amines) is 1. The fourth-order valence-corrected chi connectivity index (χ4v) is 4.69. The quantitative estimate of drug-likeness (QED) is 0.630. The van der Waals surface area contributed by atoms with Crippen molar-refractivity contribution < 1.29 is 9.59 Å². The van der Waals surface area contributed by atoms with Gasteiger partial charge in [-0.2, -0.15) is 0 Å². The van der Waals surface area contributed by atoms with E-state index in [-0.39, 0.29) is 23.8 Å². The third-order valence-corrected chi connectivity index (χ3v) is 5.97. The Kier molecular flexibility index (Phi) is 3.87. The molecule has 1 fully saturated rings. The summed E-state index contributed by atoms with van der Waals surface area (Å²) in [5, 5.41) is 8.06. The molecule has 5 rings (SSSR count). The molecule has 2 unspecified atom stereocenters. The van der Waals surface area contributed by atoms with Crippen molar-refractivity contribution in [3.05, 3.63) is 82.0 Å². The van der Waals surface area contributed by atoms with Gasteiger partial charge < -0.3 is 15.3 Å². The standard InChI is InChI=1S/C21H19N5O3/c27-17(10-14-12-23-25-19(14)28)26-9-7-21(18(26)13-4-3-8-22-11-13)15-5-1-2-6-16(15)24-20(21)29/h1-6,8,11-12,18H,7,9-10H2,(H,24,29)(H2,23,25,28). The van der Waals surface area contributed by atoms with E-state index in [4.69, 9.17) is 0 Å². The molecular weight excluding hydrogens is 370 g/mol. The van der Waals surface area contributed by atoms with E-state index in [9.17, 15) is 14.4 Å². The van der Waals surface area contributed by atoms with Crippen LogP contribution in [-0.2, 0) is 21.4 Å². The zero-order chi connectivity index (χ0) is 20.0. The molecule has 3 N–H and O–H groups in total. The highest BCUT2D eigenvalue weighted by Crippen LogP contribution is 2.54. The highest BCUT2D eigenvalue weighted by Gasteiger charge is 2.59. The van der Waals surface area contributed by atoms with E-state index in [0.717, 1.165) is 16.8 Å². The van der Waals surface area contributed by atoms with Crippen LogP contribution in [0.1, 0.15) is 29.2 Å². The number of amides is 2. The number of aromatic amines is 2. The molecule has 1 spiro atoms.